The molecule has 0 spiro atoms. The van der Waals surface area contributed by atoms with Crippen LogP contribution in [0.5, 0.6) is 0 Å². The van der Waals surface area contributed by atoms with Crippen molar-refractivity contribution in [3.05, 3.63) is 33.4 Å². The van der Waals surface area contributed by atoms with Gasteiger partial charge in [0.05, 0.1) is 0 Å². The predicted molar refractivity (Wildman–Crippen MR) is 55.2 cm³/mol. The van der Waals surface area contributed by atoms with Gasteiger partial charge in [-0.3, -0.25) is 0 Å². The Bertz CT molecular complexity index is 397. The van der Waals surface area contributed by atoms with Crippen molar-refractivity contribution in [1.29, 1.82) is 0 Å². The molecule has 0 aliphatic carbocycles. The Balaban J connectivity index is 3.53. The van der Waals surface area contributed by atoms with Crippen LogP contribution in [0.25, 0.3) is 0 Å². The van der Waals surface area contributed by atoms with Gasteiger partial charge >= 0.3 is 12.4 Å². The quantitative estimate of drug-likeness (QED) is 0.592. The second-order valence-electron chi connectivity index (χ2n) is 3.19. The van der Waals surface area contributed by atoms with Crippen molar-refractivity contribution in [2.75, 3.05) is 0 Å². The number of alkyl halides is 6. The fraction of sp³-hybridized carbons (Fsp3) is 0.333. The molecule has 1 N–H and O–H groups in total. The lowest BCUT2D eigenvalue weighted by Gasteiger charge is -2.33. The summed E-state index contributed by atoms with van der Waals surface area (Å²) in [7, 11) is 0. The summed E-state index contributed by atoms with van der Waals surface area (Å²) >= 11 is 1.31. The highest BCUT2D eigenvalue weighted by Crippen LogP contribution is 2.50. The summed E-state index contributed by atoms with van der Waals surface area (Å²) in [4.78, 5) is 0. The molecule has 17 heavy (non-hydrogen) atoms. The summed E-state index contributed by atoms with van der Waals surface area (Å²) in [6.07, 6.45) is -11.7. The van der Waals surface area contributed by atoms with Gasteiger partial charge in [0, 0.05) is 9.13 Å². The highest BCUT2D eigenvalue weighted by Gasteiger charge is 2.71. The van der Waals surface area contributed by atoms with E-state index in [1.165, 1.54) is 28.7 Å². The zero-order chi connectivity index (χ0) is 13.5. The van der Waals surface area contributed by atoms with Gasteiger partial charge in [-0.2, -0.15) is 26.3 Å². The molecule has 0 aromatic heterocycles. The zero-order valence-electron chi connectivity index (χ0n) is 7.90. The van der Waals surface area contributed by atoms with Gasteiger partial charge in [0.15, 0.2) is 0 Å². The van der Waals surface area contributed by atoms with E-state index in [0.717, 1.165) is 12.1 Å². The molecule has 1 rings (SSSR count). The van der Waals surface area contributed by atoms with Gasteiger partial charge in [0.25, 0.3) is 5.60 Å². The van der Waals surface area contributed by atoms with E-state index in [9.17, 15) is 26.3 Å². The Kier molecular flexibility index (Phi) is 3.68. The molecule has 0 saturated carbocycles. The Morgan fingerprint density at radius 1 is 0.882 bits per heavy atom. The van der Waals surface area contributed by atoms with Crippen LogP contribution in [0.1, 0.15) is 5.56 Å². The van der Waals surface area contributed by atoms with E-state index < -0.39 is 23.5 Å². The molecule has 0 saturated heterocycles. The summed E-state index contributed by atoms with van der Waals surface area (Å²) in [6, 6.07) is 3.93. The van der Waals surface area contributed by atoms with E-state index in [1.807, 2.05) is 0 Å². The average Bonchev–Trinajstić information content (AvgIpc) is 2.13. The molecule has 8 heteroatoms. The minimum Gasteiger partial charge on any atom is -0.369 e. The molecule has 0 aliphatic rings. The third-order valence-corrected chi connectivity index (χ3v) is 3.02. The van der Waals surface area contributed by atoms with Crippen LogP contribution in [0.3, 0.4) is 0 Å². The van der Waals surface area contributed by atoms with Crippen molar-refractivity contribution in [3.8, 4) is 0 Å². The first-order chi connectivity index (χ1) is 7.52. The monoisotopic (exact) mass is 370 g/mol. The van der Waals surface area contributed by atoms with Crippen molar-refractivity contribution in [3.63, 3.8) is 0 Å². The number of aliphatic hydroxyl groups is 1. The van der Waals surface area contributed by atoms with Crippen LogP contribution in [-0.2, 0) is 5.60 Å². The predicted octanol–water partition coefficient (Wildman–Crippen LogP) is 3.60. The molecule has 1 aromatic rings. The topological polar surface area (TPSA) is 20.2 Å². The van der Waals surface area contributed by atoms with Crippen molar-refractivity contribution in [2.24, 2.45) is 0 Å². The van der Waals surface area contributed by atoms with Crippen LogP contribution in [0.4, 0.5) is 26.3 Å². The van der Waals surface area contributed by atoms with Gasteiger partial charge in [0.2, 0.25) is 0 Å². The number of rotatable bonds is 1. The molecule has 96 valence electrons. The first-order valence-electron chi connectivity index (χ1n) is 4.12. The molecular formula is C9H5F6IO. The van der Waals surface area contributed by atoms with Crippen molar-refractivity contribution in [1.82, 2.24) is 0 Å². The summed E-state index contributed by atoms with van der Waals surface area (Å²) < 4.78 is 74.6. The van der Waals surface area contributed by atoms with Gasteiger partial charge in [-0.25, -0.2) is 0 Å². The molecule has 0 radical (unpaired) electrons. The van der Waals surface area contributed by atoms with Gasteiger partial charge in [-0.15, -0.1) is 0 Å². The number of hydrogen-bond donors (Lipinski definition) is 1. The normalized spacial score (nSPS) is 13.9. The van der Waals surface area contributed by atoms with E-state index in [1.54, 1.807) is 0 Å². The third-order valence-electron chi connectivity index (χ3n) is 2.08. The molecule has 0 aliphatic heterocycles. The Morgan fingerprint density at radius 2 is 1.29 bits per heavy atom. The number of benzene rings is 1. The molecule has 0 bridgehead atoms. The molecule has 0 amide bonds. The van der Waals surface area contributed by atoms with E-state index in [2.05, 4.69) is 0 Å². The second-order valence-corrected chi connectivity index (χ2v) is 4.35. The van der Waals surface area contributed by atoms with Gasteiger partial charge < -0.3 is 5.11 Å². The van der Waals surface area contributed by atoms with Gasteiger partial charge in [-0.1, -0.05) is 18.2 Å². The van der Waals surface area contributed by atoms with Crippen molar-refractivity contribution >= 4 is 22.6 Å². The third kappa shape index (κ3) is 2.37. The maximum atomic E-state index is 12.5. The summed E-state index contributed by atoms with van der Waals surface area (Å²) in [5, 5.41) is 9.08. The van der Waals surface area contributed by atoms with Crippen LogP contribution in [0, 0.1) is 3.57 Å². The SMILES string of the molecule is OC(c1ccccc1I)(C(F)(F)F)C(F)(F)F. The average molecular weight is 370 g/mol. The smallest absolute Gasteiger partial charge is 0.369 e. The fourth-order valence-corrected chi connectivity index (χ4v) is 2.00. The zero-order valence-corrected chi connectivity index (χ0v) is 10.1. The van der Waals surface area contributed by atoms with E-state index in [0.29, 0.717) is 6.07 Å². The second kappa shape index (κ2) is 4.30. The summed E-state index contributed by atoms with van der Waals surface area (Å²) in [5.41, 5.74) is -6.07. The lowest BCUT2D eigenvalue weighted by atomic mass is 9.92. The molecule has 1 aromatic carbocycles. The highest BCUT2D eigenvalue weighted by atomic mass is 127. The van der Waals surface area contributed by atoms with E-state index in [4.69, 9.17) is 5.11 Å². The first-order valence-corrected chi connectivity index (χ1v) is 5.20. The molecular weight excluding hydrogens is 365 g/mol. The van der Waals surface area contributed by atoms with Crippen LogP contribution < -0.4 is 0 Å². The standard InChI is InChI=1S/C9H5F6IO/c10-8(11,12)7(17,9(13,14)15)5-3-1-2-4-6(5)16/h1-4,17H. The Labute approximate surface area is 106 Å². The largest absolute Gasteiger partial charge is 0.430 e. The van der Waals surface area contributed by atoms with Crippen molar-refractivity contribution < 1.29 is 31.4 Å². The van der Waals surface area contributed by atoms with Gasteiger partial charge in [-0.05, 0) is 28.7 Å². The lowest BCUT2D eigenvalue weighted by Crippen LogP contribution is -2.54. The van der Waals surface area contributed by atoms with Crippen LogP contribution >= 0.6 is 22.6 Å². The molecule has 0 atom stereocenters. The Hall–Kier alpha value is -0.510. The fourth-order valence-electron chi connectivity index (χ4n) is 1.22. The molecule has 0 fully saturated rings. The Morgan fingerprint density at radius 3 is 1.65 bits per heavy atom. The maximum absolute atomic E-state index is 12.5. The minimum absolute atomic E-state index is 0.317. The van der Waals surface area contributed by atoms with Crippen LogP contribution in [0.15, 0.2) is 24.3 Å². The van der Waals surface area contributed by atoms with E-state index in [-0.39, 0.29) is 3.57 Å². The van der Waals surface area contributed by atoms with Crippen LogP contribution in [0.2, 0.25) is 0 Å². The first kappa shape index (κ1) is 14.6. The van der Waals surface area contributed by atoms with Crippen LogP contribution in [-0.4, -0.2) is 17.5 Å². The van der Waals surface area contributed by atoms with Gasteiger partial charge in [0.1, 0.15) is 0 Å². The summed E-state index contributed by atoms with van der Waals surface area (Å²) in [5.74, 6) is 0. The van der Waals surface area contributed by atoms with Crippen molar-refractivity contribution in [2.45, 2.75) is 18.0 Å². The lowest BCUT2D eigenvalue weighted by molar-refractivity contribution is -0.376. The molecule has 0 unspecified atom stereocenters. The molecule has 1 nitrogen and oxygen atoms in total. The summed E-state index contributed by atoms with van der Waals surface area (Å²) in [6.45, 7) is 0. The molecule has 0 heterocycles. The van der Waals surface area contributed by atoms with E-state index >= 15 is 0 Å². The minimum atomic E-state index is -5.84. The highest BCUT2D eigenvalue weighted by molar-refractivity contribution is 14.1. The number of hydrogen-bond acceptors (Lipinski definition) is 1. The number of halogens is 7. The maximum Gasteiger partial charge on any atom is 0.430 e.